The van der Waals surface area contributed by atoms with E-state index < -0.39 is 24.2 Å². The maximum absolute atomic E-state index is 12.8. The zero-order chi connectivity index (χ0) is 11.6. The van der Waals surface area contributed by atoms with E-state index in [1.54, 1.807) is 0 Å². The summed E-state index contributed by atoms with van der Waals surface area (Å²) in [6.45, 7) is 1.43. The van der Waals surface area contributed by atoms with Crippen LogP contribution in [0.1, 0.15) is 11.1 Å². The van der Waals surface area contributed by atoms with Crippen LogP contribution < -0.4 is 0 Å². The Kier molecular flexibility index (Phi) is 3.12. The van der Waals surface area contributed by atoms with E-state index in [1.807, 2.05) is 0 Å². The fraction of sp³-hybridized carbons (Fsp3) is 0.300. The number of rotatable bonds is 2. The van der Waals surface area contributed by atoms with Gasteiger partial charge in [0.1, 0.15) is 5.82 Å². The molecule has 0 N–H and O–H groups in total. The van der Waals surface area contributed by atoms with Crippen LogP contribution in [-0.4, -0.2) is 12.0 Å². The van der Waals surface area contributed by atoms with Gasteiger partial charge in [-0.15, -0.1) is 0 Å². The molecule has 0 fully saturated rings. The molecule has 5 heteroatoms. The second kappa shape index (κ2) is 4.00. The number of ketones is 1. The summed E-state index contributed by atoms with van der Waals surface area (Å²) in [6, 6.07) is 3.46. The first kappa shape index (κ1) is 11.7. The third-order valence-corrected chi connectivity index (χ3v) is 1.90. The minimum atomic E-state index is -4.83. The van der Waals surface area contributed by atoms with Gasteiger partial charge in [0, 0.05) is 6.42 Å². The molecule has 0 saturated carbocycles. The summed E-state index contributed by atoms with van der Waals surface area (Å²) in [5, 5.41) is 0. The van der Waals surface area contributed by atoms with E-state index in [0.29, 0.717) is 0 Å². The third kappa shape index (κ3) is 3.04. The second-order valence-corrected chi connectivity index (χ2v) is 3.18. The van der Waals surface area contributed by atoms with Crippen LogP contribution in [0.3, 0.4) is 0 Å². The number of hydrogen-bond donors (Lipinski definition) is 0. The van der Waals surface area contributed by atoms with Crippen molar-refractivity contribution < 1.29 is 22.4 Å². The first-order valence-corrected chi connectivity index (χ1v) is 4.16. The van der Waals surface area contributed by atoms with Crippen LogP contribution in [-0.2, 0) is 11.2 Å². The van der Waals surface area contributed by atoms with E-state index in [9.17, 15) is 22.4 Å². The maximum atomic E-state index is 12.8. The normalized spacial score (nSPS) is 11.5. The van der Waals surface area contributed by atoms with Crippen LogP contribution in [0.2, 0.25) is 0 Å². The van der Waals surface area contributed by atoms with Crippen LogP contribution >= 0.6 is 0 Å². The van der Waals surface area contributed by atoms with E-state index in [-0.39, 0.29) is 11.1 Å². The number of halogens is 4. The lowest BCUT2D eigenvalue weighted by molar-refractivity contribution is -0.170. The van der Waals surface area contributed by atoms with Crippen molar-refractivity contribution in [1.29, 1.82) is 0 Å². The van der Waals surface area contributed by atoms with Gasteiger partial charge in [-0.05, 0) is 24.1 Å². The highest BCUT2D eigenvalue weighted by molar-refractivity contribution is 5.86. The largest absolute Gasteiger partial charge is 0.450 e. The fourth-order valence-corrected chi connectivity index (χ4v) is 1.10. The first-order chi connectivity index (χ1) is 6.80. The van der Waals surface area contributed by atoms with E-state index in [4.69, 9.17) is 0 Å². The van der Waals surface area contributed by atoms with Crippen molar-refractivity contribution in [3.05, 3.63) is 35.1 Å². The molecule has 1 aromatic rings. The van der Waals surface area contributed by atoms with Crippen molar-refractivity contribution in [3.8, 4) is 0 Å². The van der Waals surface area contributed by atoms with E-state index in [1.165, 1.54) is 19.1 Å². The van der Waals surface area contributed by atoms with E-state index in [0.717, 1.165) is 6.07 Å². The van der Waals surface area contributed by atoms with E-state index >= 15 is 0 Å². The molecule has 0 atom stereocenters. The Morgan fingerprint density at radius 1 is 1.33 bits per heavy atom. The lowest BCUT2D eigenvalue weighted by Gasteiger charge is -2.05. The molecule has 0 aromatic heterocycles. The number of benzene rings is 1. The highest BCUT2D eigenvalue weighted by atomic mass is 19.4. The standard InChI is InChI=1S/C10H8F4O/c1-6-4-7(2-3-8(6)11)5-9(15)10(12,13)14/h2-4H,5H2,1H3. The molecule has 0 aliphatic carbocycles. The molecule has 1 aromatic carbocycles. The number of Topliss-reactive ketones (excluding diaryl/α,β-unsaturated/α-hetero) is 1. The zero-order valence-electron chi connectivity index (χ0n) is 7.86. The number of carbonyl (C=O) groups is 1. The Labute approximate surface area is 83.7 Å². The summed E-state index contributed by atoms with van der Waals surface area (Å²) >= 11 is 0. The predicted molar refractivity (Wildman–Crippen MR) is 45.9 cm³/mol. The van der Waals surface area contributed by atoms with Gasteiger partial charge in [0.25, 0.3) is 0 Å². The molecule has 1 nitrogen and oxygen atoms in total. The molecule has 0 bridgehead atoms. The molecule has 0 saturated heterocycles. The number of hydrogen-bond acceptors (Lipinski definition) is 1. The van der Waals surface area contributed by atoms with Gasteiger partial charge < -0.3 is 0 Å². The Morgan fingerprint density at radius 3 is 2.40 bits per heavy atom. The van der Waals surface area contributed by atoms with Gasteiger partial charge in [-0.25, -0.2) is 4.39 Å². The van der Waals surface area contributed by atoms with Gasteiger partial charge in [0.05, 0.1) is 0 Å². The molecule has 0 spiro atoms. The summed E-state index contributed by atoms with van der Waals surface area (Å²) < 4.78 is 48.4. The van der Waals surface area contributed by atoms with Crippen LogP contribution in [0.15, 0.2) is 18.2 Å². The second-order valence-electron chi connectivity index (χ2n) is 3.18. The van der Waals surface area contributed by atoms with Gasteiger partial charge in [0.2, 0.25) is 5.78 Å². The Morgan fingerprint density at radius 2 is 1.93 bits per heavy atom. The van der Waals surface area contributed by atoms with Gasteiger partial charge in [-0.2, -0.15) is 13.2 Å². The molecule has 0 amide bonds. The summed E-state index contributed by atoms with van der Waals surface area (Å²) in [7, 11) is 0. The Hall–Kier alpha value is -1.39. The first-order valence-electron chi connectivity index (χ1n) is 4.16. The van der Waals surface area contributed by atoms with Crippen molar-refractivity contribution in [2.24, 2.45) is 0 Å². The smallest absolute Gasteiger partial charge is 0.289 e. The Balaban J connectivity index is 2.83. The highest BCUT2D eigenvalue weighted by Crippen LogP contribution is 2.19. The van der Waals surface area contributed by atoms with Gasteiger partial charge >= 0.3 is 6.18 Å². The molecule has 0 aliphatic rings. The lowest BCUT2D eigenvalue weighted by Crippen LogP contribution is -2.24. The van der Waals surface area contributed by atoms with Crippen LogP contribution in [0.4, 0.5) is 17.6 Å². The van der Waals surface area contributed by atoms with Gasteiger partial charge in [-0.1, -0.05) is 12.1 Å². The summed E-state index contributed by atoms with van der Waals surface area (Å²) in [5.41, 5.74) is 0.388. The zero-order valence-corrected chi connectivity index (χ0v) is 7.86. The molecular formula is C10H8F4O. The van der Waals surface area contributed by atoms with Crippen molar-refractivity contribution in [3.63, 3.8) is 0 Å². The average Bonchev–Trinajstić information content (AvgIpc) is 2.10. The maximum Gasteiger partial charge on any atom is 0.450 e. The highest BCUT2D eigenvalue weighted by Gasteiger charge is 2.37. The van der Waals surface area contributed by atoms with E-state index in [2.05, 4.69) is 0 Å². The summed E-state index contributed by atoms with van der Waals surface area (Å²) in [5.74, 6) is -2.33. The molecule has 15 heavy (non-hydrogen) atoms. The molecule has 1 rings (SSSR count). The fourth-order valence-electron chi connectivity index (χ4n) is 1.10. The minimum absolute atomic E-state index is 0.163. The predicted octanol–water partition coefficient (Wildman–Crippen LogP) is 2.81. The molecule has 0 unspecified atom stereocenters. The van der Waals surface area contributed by atoms with Crippen molar-refractivity contribution in [2.45, 2.75) is 19.5 Å². The van der Waals surface area contributed by atoms with Crippen molar-refractivity contribution in [2.75, 3.05) is 0 Å². The quantitative estimate of drug-likeness (QED) is 0.700. The third-order valence-electron chi connectivity index (χ3n) is 1.90. The van der Waals surface area contributed by atoms with Crippen molar-refractivity contribution >= 4 is 5.78 Å². The topological polar surface area (TPSA) is 17.1 Å². The number of carbonyl (C=O) groups excluding carboxylic acids is 1. The average molecular weight is 220 g/mol. The lowest BCUT2D eigenvalue weighted by atomic mass is 10.1. The molecule has 0 aliphatic heterocycles. The van der Waals surface area contributed by atoms with Gasteiger partial charge in [0.15, 0.2) is 0 Å². The molecule has 82 valence electrons. The van der Waals surface area contributed by atoms with Gasteiger partial charge in [-0.3, -0.25) is 4.79 Å². The minimum Gasteiger partial charge on any atom is -0.289 e. The monoisotopic (exact) mass is 220 g/mol. The Bertz CT molecular complexity index is 381. The molecular weight excluding hydrogens is 212 g/mol. The summed E-state index contributed by atoms with van der Waals surface area (Å²) in [6.07, 6.45) is -5.58. The number of alkyl halides is 3. The van der Waals surface area contributed by atoms with Crippen LogP contribution in [0.5, 0.6) is 0 Å². The van der Waals surface area contributed by atoms with Crippen LogP contribution in [0.25, 0.3) is 0 Å². The molecule has 0 radical (unpaired) electrons. The van der Waals surface area contributed by atoms with Crippen LogP contribution in [0, 0.1) is 12.7 Å². The SMILES string of the molecule is Cc1cc(CC(=O)C(F)(F)F)ccc1F. The summed E-state index contributed by atoms with van der Waals surface area (Å²) in [4.78, 5) is 10.6. The van der Waals surface area contributed by atoms with Crippen molar-refractivity contribution in [1.82, 2.24) is 0 Å². The molecule has 0 heterocycles. The number of aryl methyl sites for hydroxylation is 1.